The third kappa shape index (κ3) is 5.82. The van der Waals surface area contributed by atoms with Crippen LogP contribution in [0.25, 0.3) is 0 Å². The van der Waals surface area contributed by atoms with E-state index in [1.165, 1.54) is 6.07 Å². The molecule has 1 fully saturated rings. The van der Waals surface area contributed by atoms with Gasteiger partial charge in [0.25, 0.3) is 0 Å². The molecule has 1 aliphatic heterocycles. The van der Waals surface area contributed by atoms with Crippen molar-refractivity contribution in [3.8, 4) is 0 Å². The summed E-state index contributed by atoms with van der Waals surface area (Å²) < 4.78 is 38.0. The van der Waals surface area contributed by atoms with Crippen molar-refractivity contribution >= 4 is 11.7 Å². The summed E-state index contributed by atoms with van der Waals surface area (Å²) in [5.74, 6) is 0.656. The van der Waals surface area contributed by atoms with Crippen LogP contribution < -0.4 is 4.90 Å². The van der Waals surface area contributed by atoms with E-state index in [1.807, 2.05) is 37.5 Å². The summed E-state index contributed by atoms with van der Waals surface area (Å²) >= 11 is 0. The Morgan fingerprint density at radius 3 is 2.30 bits per heavy atom. The van der Waals surface area contributed by atoms with Crippen molar-refractivity contribution in [3.63, 3.8) is 0 Å². The van der Waals surface area contributed by atoms with Gasteiger partial charge < -0.3 is 9.80 Å². The average molecular weight is 386 g/mol. The normalized spacial score (nSPS) is 16.7. The van der Waals surface area contributed by atoms with Gasteiger partial charge in [-0.2, -0.15) is 13.2 Å². The number of anilines is 1. The number of pyridine rings is 1. The number of amides is 1. The van der Waals surface area contributed by atoms with E-state index in [2.05, 4.69) is 9.88 Å². The second kappa shape index (κ2) is 8.91. The number of hydrogen-bond donors (Lipinski definition) is 0. The highest BCUT2D eigenvalue weighted by Crippen LogP contribution is 2.29. The monoisotopic (exact) mass is 386 g/mol. The summed E-state index contributed by atoms with van der Waals surface area (Å²) in [6.07, 6.45) is -2.66. The van der Waals surface area contributed by atoms with Crippen molar-refractivity contribution < 1.29 is 18.0 Å². The number of rotatable bonds is 5. The fraction of sp³-hybridized carbons (Fsp3) is 0.684. The molecule has 27 heavy (non-hydrogen) atoms. The number of alkyl halides is 3. The van der Waals surface area contributed by atoms with E-state index >= 15 is 0 Å². The van der Waals surface area contributed by atoms with Gasteiger partial charge in [0.15, 0.2) is 0 Å². The molecule has 0 atom stereocenters. The maximum absolute atomic E-state index is 12.7. The molecule has 0 radical (unpaired) electrons. The van der Waals surface area contributed by atoms with Crippen LogP contribution in [0.5, 0.6) is 0 Å². The molecule has 0 bridgehead atoms. The Morgan fingerprint density at radius 1 is 1.11 bits per heavy atom. The molecule has 2 heterocycles. The highest BCUT2D eigenvalue weighted by atomic mass is 19.4. The first kappa shape index (κ1) is 21.5. The van der Waals surface area contributed by atoms with Gasteiger partial charge in [0.2, 0.25) is 5.91 Å². The lowest BCUT2D eigenvalue weighted by Crippen LogP contribution is -2.47. The number of halogens is 3. The SMILES string of the molecule is CC(C)N(C(=O)CN1CCCN(c2ccc(C(F)(F)F)cn2)CC1)C(C)C. The Hall–Kier alpha value is -1.83. The van der Waals surface area contributed by atoms with Crippen molar-refractivity contribution in [2.24, 2.45) is 0 Å². The summed E-state index contributed by atoms with van der Waals surface area (Å²) in [4.78, 5) is 22.6. The van der Waals surface area contributed by atoms with Gasteiger partial charge in [-0.3, -0.25) is 9.69 Å². The lowest BCUT2D eigenvalue weighted by Gasteiger charge is -2.33. The van der Waals surface area contributed by atoms with Crippen LogP contribution in [0.15, 0.2) is 18.3 Å². The molecule has 1 aromatic rings. The zero-order chi connectivity index (χ0) is 20.2. The molecule has 152 valence electrons. The Bertz CT molecular complexity index is 608. The van der Waals surface area contributed by atoms with Gasteiger partial charge in [-0.15, -0.1) is 0 Å². The molecule has 1 aromatic heterocycles. The minimum atomic E-state index is -4.37. The van der Waals surface area contributed by atoms with Gasteiger partial charge >= 0.3 is 6.18 Å². The molecule has 5 nitrogen and oxygen atoms in total. The summed E-state index contributed by atoms with van der Waals surface area (Å²) in [6, 6.07) is 2.79. The lowest BCUT2D eigenvalue weighted by atomic mass is 10.2. The van der Waals surface area contributed by atoms with Crippen molar-refractivity contribution in [1.82, 2.24) is 14.8 Å². The molecule has 0 aromatic carbocycles. The first-order valence-electron chi connectivity index (χ1n) is 9.41. The molecule has 1 amide bonds. The molecule has 0 saturated carbocycles. The first-order chi connectivity index (χ1) is 12.6. The number of carbonyl (C=O) groups is 1. The van der Waals surface area contributed by atoms with Gasteiger partial charge in [0.05, 0.1) is 12.1 Å². The molecule has 2 rings (SSSR count). The van der Waals surface area contributed by atoms with E-state index in [9.17, 15) is 18.0 Å². The quantitative estimate of drug-likeness (QED) is 0.779. The zero-order valence-electron chi connectivity index (χ0n) is 16.5. The third-order valence-electron chi connectivity index (χ3n) is 4.75. The fourth-order valence-corrected chi connectivity index (χ4v) is 3.54. The Balaban J connectivity index is 1.96. The summed E-state index contributed by atoms with van der Waals surface area (Å²) in [6.45, 7) is 11.2. The second-order valence-electron chi connectivity index (χ2n) is 7.51. The molecule has 0 unspecified atom stereocenters. The van der Waals surface area contributed by atoms with E-state index in [1.54, 1.807) is 0 Å². The highest BCUT2D eigenvalue weighted by molar-refractivity contribution is 5.78. The molecule has 8 heteroatoms. The predicted octanol–water partition coefficient (Wildman–Crippen LogP) is 3.26. The summed E-state index contributed by atoms with van der Waals surface area (Å²) in [7, 11) is 0. The fourth-order valence-electron chi connectivity index (χ4n) is 3.54. The maximum atomic E-state index is 12.7. The van der Waals surface area contributed by atoms with E-state index < -0.39 is 11.7 Å². The van der Waals surface area contributed by atoms with E-state index in [0.717, 1.165) is 25.2 Å². The van der Waals surface area contributed by atoms with Crippen LogP contribution in [0.4, 0.5) is 19.0 Å². The second-order valence-corrected chi connectivity index (χ2v) is 7.51. The minimum Gasteiger partial charge on any atom is -0.355 e. The van der Waals surface area contributed by atoms with Crippen LogP contribution in [0, 0.1) is 0 Å². The highest BCUT2D eigenvalue weighted by Gasteiger charge is 2.31. The predicted molar refractivity (Wildman–Crippen MR) is 99.6 cm³/mol. The van der Waals surface area contributed by atoms with Crippen LogP contribution in [0.1, 0.15) is 39.7 Å². The Labute approximate surface area is 159 Å². The topological polar surface area (TPSA) is 39.7 Å². The van der Waals surface area contributed by atoms with Crippen LogP contribution in [-0.2, 0) is 11.0 Å². The van der Waals surface area contributed by atoms with Crippen LogP contribution in [-0.4, -0.2) is 65.5 Å². The molecular weight excluding hydrogens is 357 g/mol. The molecule has 0 spiro atoms. The van der Waals surface area contributed by atoms with Crippen molar-refractivity contribution in [2.45, 2.75) is 52.4 Å². The van der Waals surface area contributed by atoms with E-state index in [0.29, 0.717) is 32.0 Å². The standard InChI is InChI=1S/C19H29F3N4O/c1-14(2)26(15(3)4)18(27)13-24-8-5-9-25(11-10-24)17-7-6-16(12-23-17)19(20,21)22/h6-7,12,14-15H,5,8-11,13H2,1-4H3. The molecule has 0 N–H and O–H groups in total. The van der Waals surface area contributed by atoms with Crippen LogP contribution >= 0.6 is 0 Å². The van der Waals surface area contributed by atoms with Crippen LogP contribution in [0.2, 0.25) is 0 Å². The lowest BCUT2D eigenvalue weighted by molar-refractivity contribution is -0.138. The van der Waals surface area contributed by atoms with Crippen molar-refractivity contribution in [3.05, 3.63) is 23.9 Å². The third-order valence-corrected chi connectivity index (χ3v) is 4.75. The number of aromatic nitrogens is 1. The van der Waals surface area contributed by atoms with Gasteiger partial charge in [0.1, 0.15) is 5.82 Å². The molecule has 1 aliphatic rings. The van der Waals surface area contributed by atoms with Crippen molar-refractivity contribution in [2.75, 3.05) is 37.6 Å². The minimum absolute atomic E-state index is 0.112. The van der Waals surface area contributed by atoms with Gasteiger partial charge in [-0.1, -0.05) is 0 Å². The number of nitrogens with zero attached hydrogens (tertiary/aromatic N) is 4. The number of carbonyl (C=O) groups excluding carboxylic acids is 1. The molecule has 0 aliphatic carbocycles. The summed E-state index contributed by atoms with van der Waals surface area (Å²) in [5.41, 5.74) is -0.740. The Kier molecular flexibility index (Phi) is 7.08. The zero-order valence-corrected chi connectivity index (χ0v) is 16.5. The summed E-state index contributed by atoms with van der Waals surface area (Å²) in [5, 5.41) is 0. The van der Waals surface area contributed by atoms with Crippen LogP contribution in [0.3, 0.4) is 0 Å². The van der Waals surface area contributed by atoms with Gasteiger partial charge in [0, 0.05) is 44.5 Å². The first-order valence-corrected chi connectivity index (χ1v) is 9.41. The molecule has 1 saturated heterocycles. The van der Waals surface area contributed by atoms with Gasteiger partial charge in [-0.05, 0) is 46.2 Å². The van der Waals surface area contributed by atoms with E-state index in [-0.39, 0.29) is 18.0 Å². The van der Waals surface area contributed by atoms with Crippen molar-refractivity contribution in [1.29, 1.82) is 0 Å². The number of hydrogen-bond acceptors (Lipinski definition) is 4. The largest absolute Gasteiger partial charge is 0.417 e. The smallest absolute Gasteiger partial charge is 0.355 e. The van der Waals surface area contributed by atoms with Gasteiger partial charge in [-0.25, -0.2) is 4.98 Å². The van der Waals surface area contributed by atoms with E-state index in [4.69, 9.17) is 0 Å². The Morgan fingerprint density at radius 2 is 1.78 bits per heavy atom. The average Bonchev–Trinajstić information content (AvgIpc) is 2.79. The maximum Gasteiger partial charge on any atom is 0.417 e. The molecular formula is C19H29F3N4O.